The third-order valence-corrected chi connectivity index (χ3v) is 4.53. The lowest BCUT2D eigenvalue weighted by molar-refractivity contribution is 0.0220. The van der Waals surface area contributed by atoms with Gasteiger partial charge in [0.2, 0.25) is 0 Å². The molecule has 1 fully saturated rings. The standard InChI is InChI=1S/C18H29BrN4O2/c1-3-20-18(22-14-15(2)23-9-12-24-13-10-23)21-8-11-25-17-6-4-16(19)5-7-17/h4-7,15H,3,8-14H2,1-2H3,(H2,20,21,22). The van der Waals surface area contributed by atoms with Crippen LogP contribution in [0.3, 0.4) is 0 Å². The average molecular weight is 413 g/mol. The van der Waals surface area contributed by atoms with Gasteiger partial charge in [-0.1, -0.05) is 15.9 Å². The fourth-order valence-electron chi connectivity index (χ4n) is 2.57. The summed E-state index contributed by atoms with van der Waals surface area (Å²) in [5, 5.41) is 6.60. The average Bonchev–Trinajstić information content (AvgIpc) is 2.65. The number of rotatable bonds is 8. The molecule has 1 unspecified atom stereocenters. The molecular formula is C18H29BrN4O2. The van der Waals surface area contributed by atoms with Crippen LogP contribution in [0.15, 0.2) is 33.7 Å². The highest BCUT2D eigenvalue weighted by Crippen LogP contribution is 2.15. The van der Waals surface area contributed by atoms with E-state index in [1.54, 1.807) is 0 Å². The number of hydrogen-bond acceptors (Lipinski definition) is 4. The molecule has 1 aromatic carbocycles. The Morgan fingerprint density at radius 2 is 2.00 bits per heavy atom. The number of morpholine rings is 1. The van der Waals surface area contributed by atoms with Crippen LogP contribution in [0.4, 0.5) is 0 Å². The molecule has 0 saturated carbocycles. The Labute approximate surface area is 159 Å². The van der Waals surface area contributed by atoms with Crippen molar-refractivity contribution in [3.8, 4) is 5.75 Å². The number of halogens is 1. The van der Waals surface area contributed by atoms with Crippen molar-refractivity contribution in [2.24, 2.45) is 4.99 Å². The van der Waals surface area contributed by atoms with Crippen LogP contribution < -0.4 is 15.4 Å². The van der Waals surface area contributed by atoms with Crippen molar-refractivity contribution in [3.05, 3.63) is 28.7 Å². The Bertz CT molecular complexity index is 518. The Balaban J connectivity index is 1.72. The Kier molecular flexibility index (Phi) is 9.07. The maximum atomic E-state index is 5.72. The zero-order valence-corrected chi connectivity index (χ0v) is 16.7. The predicted octanol–water partition coefficient (Wildman–Crippen LogP) is 2.10. The monoisotopic (exact) mass is 412 g/mol. The molecule has 0 aliphatic carbocycles. The Morgan fingerprint density at radius 1 is 1.28 bits per heavy atom. The van der Waals surface area contributed by atoms with Crippen LogP contribution in [0.25, 0.3) is 0 Å². The number of guanidine groups is 1. The first-order chi connectivity index (χ1) is 12.2. The van der Waals surface area contributed by atoms with Crippen LogP contribution in [0.1, 0.15) is 13.8 Å². The first-order valence-electron chi connectivity index (χ1n) is 8.91. The van der Waals surface area contributed by atoms with Gasteiger partial charge in [0.1, 0.15) is 12.4 Å². The van der Waals surface area contributed by atoms with Gasteiger partial charge in [0.05, 0.1) is 26.3 Å². The predicted molar refractivity (Wildman–Crippen MR) is 105 cm³/mol. The van der Waals surface area contributed by atoms with Crippen molar-refractivity contribution in [1.29, 1.82) is 0 Å². The second-order valence-corrected chi connectivity index (χ2v) is 6.86. The number of nitrogens with one attached hydrogen (secondary N) is 2. The van der Waals surface area contributed by atoms with Crippen molar-refractivity contribution < 1.29 is 9.47 Å². The SMILES string of the molecule is CCNC(=NCC(C)N1CCOCC1)NCCOc1ccc(Br)cc1. The van der Waals surface area contributed by atoms with E-state index >= 15 is 0 Å². The molecule has 6 nitrogen and oxygen atoms in total. The first kappa shape index (κ1) is 20.0. The van der Waals surface area contributed by atoms with E-state index in [0.717, 1.165) is 55.6 Å². The molecule has 0 spiro atoms. The minimum Gasteiger partial charge on any atom is -0.492 e. The molecule has 25 heavy (non-hydrogen) atoms. The third-order valence-electron chi connectivity index (χ3n) is 4.00. The highest BCUT2D eigenvalue weighted by atomic mass is 79.9. The van der Waals surface area contributed by atoms with Gasteiger partial charge < -0.3 is 20.1 Å². The minimum absolute atomic E-state index is 0.415. The smallest absolute Gasteiger partial charge is 0.191 e. The molecule has 1 aromatic rings. The number of nitrogens with zero attached hydrogens (tertiary/aromatic N) is 2. The summed E-state index contributed by atoms with van der Waals surface area (Å²) in [6.07, 6.45) is 0. The van der Waals surface area contributed by atoms with Crippen LogP contribution in [-0.2, 0) is 4.74 Å². The van der Waals surface area contributed by atoms with Gasteiger partial charge in [0.15, 0.2) is 5.96 Å². The molecule has 2 rings (SSSR count). The van der Waals surface area contributed by atoms with Gasteiger partial charge in [-0.25, -0.2) is 0 Å². The van der Waals surface area contributed by atoms with Crippen LogP contribution in [0, 0.1) is 0 Å². The number of hydrogen-bond donors (Lipinski definition) is 2. The van der Waals surface area contributed by atoms with Gasteiger partial charge in [-0.3, -0.25) is 9.89 Å². The van der Waals surface area contributed by atoms with Crippen molar-refractivity contribution in [3.63, 3.8) is 0 Å². The van der Waals surface area contributed by atoms with Gasteiger partial charge in [0, 0.05) is 30.1 Å². The fourth-order valence-corrected chi connectivity index (χ4v) is 2.83. The summed E-state index contributed by atoms with van der Waals surface area (Å²) in [6, 6.07) is 8.27. The quantitative estimate of drug-likeness (QED) is 0.389. The summed E-state index contributed by atoms with van der Waals surface area (Å²) in [4.78, 5) is 7.12. The molecule has 1 atom stereocenters. The minimum atomic E-state index is 0.415. The molecule has 0 radical (unpaired) electrons. The lowest BCUT2D eigenvalue weighted by Crippen LogP contribution is -2.44. The summed E-state index contributed by atoms with van der Waals surface area (Å²) in [6.45, 7) is 10.8. The fraction of sp³-hybridized carbons (Fsp3) is 0.611. The van der Waals surface area contributed by atoms with E-state index < -0.39 is 0 Å². The zero-order chi connectivity index (χ0) is 17.9. The Hall–Kier alpha value is -1.31. The summed E-state index contributed by atoms with van der Waals surface area (Å²) >= 11 is 3.42. The van der Waals surface area contributed by atoms with Gasteiger partial charge in [-0.2, -0.15) is 0 Å². The second-order valence-electron chi connectivity index (χ2n) is 5.95. The van der Waals surface area contributed by atoms with E-state index in [2.05, 4.69) is 45.3 Å². The highest BCUT2D eigenvalue weighted by molar-refractivity contribution is 9.10. The molecule has 140 valence electrons. The zero-order valence-electron chi connectivity index (χ0n) is 15.1. The van der Waals surface area contributed by atoms with Crippen LogP contribution in [0.2, 0.25) is 0 Å². The molecule has 1 heterocycles. The molecule has 7 heteroatoms. The van der Waals surface area contributed by atoms with Crippen LogP contribution >= 0.6 is 15.9 Å². The van der Waals surface area contributed by atoms with Gasteiger partial charge >= 0.3 is 0 Å². The van der Waals surface area contributed by atoms with Crippen molar-refractivity contribution >= 4 is 21.9 Å². The van der Waals surface area contributed by atoms with E-state index in [4.69, 9.17) is 14.5 Å². The lowest BCUT2D eigenvalue weighted by Gasteiger charge is -2.31. The number of ether oxygens (including phenoxy) is 2. The molecule has 0 bridgehead atoms. The topological polar surface area (TPSA) is 58.1 Å². The van der Waals surface area contributed by atoms with Crippen molar-refractivity contribution in [2.45, 2.75) is 19.9 Å². The summed E-state index contributed by atoms with van der Waals surface area (Å²) in [7, 11) is 0. The third kappa shape index (κ3) is 7.63. The lowest BCUT2D eigenvalue weighted by atomic mass is 10.2. The van der Waals surface area contributed by atoms with Gasteiger partial charge in [-0.05, 0) is 38.1 Å². The normalized spacial score (nSPS) is 17.2. The van der Waals surface area contributed by atoms with E-state index in [9.17, 15) is 0 Å². The van der Waals surface area contributed by atoms with E-state index in [1.165, 1.54) is 0 Å². The molecular weight excluding hydrogens is 384 g/mol. The summed E-state index contributed by atoms with van der Waals surface area (Å²) < 4.78 is 12.2. The van der Waals surface area contributed by atoms with Gasteiger partial charge in [0.25, 0.3) is 0 Å². The maximum absolute atomic E-state index is 5.72. The van der Waals surface area contributed by atoms with Crippen molar-refractivity contribution in [2.75, 3.05) is 52.5 Å². The van der Waals surface area contributed by atoms with Crippen LogP contribution in [-0.4, -0.2) is 69.4 Å². The largest absolute Gasteiger partial charge is 0.492 e. The van der Waals surface area contributed by atoms with Crippen LogP contribution in [0.5, 0.6) is 5.75 Å². The molecule has 1 aliphatic rings. The molecule has 0 amide bonds. The van der Waals surface area contributed by atoms with Crippen molar-refractivity contribution in [1.82, 2.24) is 15.5 Å². The highest BCUT2D eigenvalue weighted by Gasteiger charge is 2.16. The van der Waals surface area contributed by atoms with E-state index in [0.29, 0.717) is 19.2 Å². The number of aliphatic imine (C=N–C) groups is 1. The second kappa shape index (κ2) is 11.3. The maximum Gasteiger partial charge on any atom is 0.191 e. The number of benzene rings is 1. The summed E-state index contributed by atoms with van der Waals surface area (Å²) in [5.41, 5.74) is 0. The first-order valence-corrected chi connectivity index (χ1v) is 9.70. The van der Waals surface area contributed by atoms with E-state index in [1.807, 2.05) is 24.3 Å². The molecule has 1 saturated heterocycles. The molecule has 2 N–H and O–H groups in total. The summed E-state index contributed by atoms with van der Waals surface area (Å²) in [5.74, 6) is 1.70. The molecule has 1 aliphatic heterocycles. The molecule has 0 aromatic heterocycles. The van der Waals surface area contributed by atoms with E-state index in [-0.39, 0.29) is 0 Å². The Morgan fingerprint density at radius 3 is 2.68 bits per heavy atom. The van der Waals surface area contributed by atoms with Gasteiger partial charge in [-0.15, -0.1) is 0 Å².